The monoisotopic (exact) mass is 269 g/mol. The average molecular weight is 270 g/mol. The minimum Gasteiger partial charge on any atom is -0.452 e. The second-order valence-corrected chi connectivity index (χ2v) is 4.14. The summed E-state index contributed by atoms with van der Waals surface area (Å²) in [5.41, 5.74) is 2.02. The van der Waals surface area contributed by atoms with Crippen molar-refractivity contribution in [3.05, 3.63) is 34.5 Å². The predicted molar refractivity (Wildman–Crippen MR) is 61.7 cm³/mol. The van der Waals surface area contributed by atoms with Crippen molar-refractivity contribution in [2.24, 2.45) is 7.05 Å². The molecule has 15 heavy (non-hydrogen) atoms. The highest BCUT2D eigenvalue weighted by molar-refractivity contribution is 9.10. The van der Waals surface area contributed by atoms with Gasteiger partial charge in [-0.3, -0.25) is 4.68 Å². The Balaban J connectivity index is 2.01. The molecule has 0 radical (unpaired) electrons. The van der Waals surface area contributed by atoms with Gasteiger partial charge in [0.2, 0.25) is 0 Å². The molecule has 0 amide bonds. The maximum absolute atomic E-state index is 5.38. The standard InChI is InChI=1S/C10H12BrN3O/c1-7-9(6-14(2)13-7)12-5-8-3-4-10(11)15-8/h3-4,6,12H,5H2,1-2H3. The van der Waals surface area contributed by atoms with Crippen LogP contribution in [0.3, 0.4) is 0 Å². The Hall–Kier alpha value is -1.23. The molecule has 2 aromatic heterocycles. The quantitative estimate of drug-likeness (QED) is 0.932. The van der Waals surface area contributed by atoms with E-state index >= 15 is 0 Å². The predicted octanol–water partition coefficient (Wildman–Crippen LogP) is 2.70. The molecule has 2 rings (SSSR count). The Morgan fingerprint density at radius 2 is 2.33 bits per heavy atom. The van der Waals surface area contributed by atoms with Gasteiger partial charge >= 0.3 is 0 Å². The van der Waals surface area contributed by atoms with E-state index < -0.39 is 0 Å². The first-order chi connectivity index (χ1) is 7.15. The minimum atomic E-state index is 0.665. The van der Waals surface area contributed by atoms with Gasteiger partial charge in [0, 0.05) is 13.2 Å². The van der Waals surface area contributed by atoms with Gasteiger partial charge in [0.15, 0.2) is 4.67 Å². The third-order valence-corrected chi connectivity index (χ3v) is 2.52. The molecule has 0 bridgehead atoms. The number of aryl methyl sites for hydroxylation is 2. The fraction of sp³-hybridized carbons (Fsp3) is 0.300. The molecule has 0 fully saturated rings. The molecule has 0 saturated carbocycles. The van der Waals surface area contributed by atoms with Crippen molar-refractivity contribution >= 4 is 21.6 Å². The highest BCUT2D eigenvalue weighted by atomic mass is 79.9. The van der Waals surface area contributed by atoms with Crippen LogP contribution in [0.2, 0.25) is 0 Å². The van der Waals surface area contributed by atoms with E-state index in [4.69, 9.17) is 4.42 Å². The summed E-state index contributed by atoms with van der Waals surface area (Å²) in [6, 6.07) is 3.82. The smallest absolute Gasteiger partial charge is 0.169 e. The van der Waals surface area contributed by atoms with Crippen LogP contribution in [0.15, 0.2) is 27.4 Å². The molecule has 0 aliphatic carbocycles. The van der Waals surface area contributed by atoms with Gasteiger partial charge in [0.25, 0.3) is 0 Å². The van der Waals surface area contributed by atoms with Crippen LogP contribution in [0.4, 0.5) is 5.69 Å². The Bertz CT molecular complexity index is 461. The molecule has 0 atom stereocenters. The second kappa shape index (κ2) is 4.10. The Morgan fingerprint density at radius 1 is 1.53 bits per heavy atom. The van der Waals surface area contributed by atoms with Crippen molar-refractivity contribution in [3.8, 4) is 0 Å². The summed E-state index contributed by atoms with van der Waals surface area (Å²) in [6.45, 7) is 2.64. The maximum atomic E-state index is 5.38. The third-order valence-electron chi connectivity index (χ3n) is 2.10. The molecule has 80 valence electrons. The molecule has 0 saturated heterocycles. The molecule has 2 aromatic rings. The molecule has 0 spiro atoms. The van der Waals surface area contributed by atoms with Crippen molar-refractivity contribution in [2.75, 3.05) is 5.32 Å². The topological polar surface area (TPSA) is 43.0 Å². The minimum absolute atomic E-state index is 0.665. The van der Waals surface area contributed by atoms with Crippen LogP contribution in [0, 0.1) is 6.92 Å². The lowest BCUT2D eigenvalue weighted by molar-refractivity contribution is 0.495. The van der Waals surface area contributed by atoms with Crippen LogP contribution in [-0.2, 0) is 13.6 Å². The van der Waals surface area contributed by atoms with E-state index in [1.165, 1.54) is 0 Å². The summed E-state index contributed by atoms with van der Waals surface area (Å²) in [6.07, 6.45) is 1.95. The zero-order valence-corrected chi connectivity index (χ0v) is 10.2. The summed E-state index contributed by atoms with van der Waals surface area (Å²) in [5, 5.41) is 7.51. The van der Waals surface area contributed by atoms with Crippen molar-refractivity contribution in [2.45, 2.75) is 13.5 Å². The lowest BCUT2D eigenvalue weighted by Gasteiger charge is -2.01. The van der Waals surface area contributed by atoms with Crippen molar-refractivity contribution in [1.82, 2.24) is 9.78 Å². The van der Waals surface area contributed by atoms with Gasteiger partial charge in [0.05, 0.1) is 17.9 Å². The number of hydrogen-bond donors (Lipinski definition) is 1. The molecule has 4 nitrogen and oxygen atoms in total. The maximum Gasteiger partial charge on any atom is 0.169 e. The molecular formula is C10H12BrN3O. The van der Waals surface area contributed by atoms with E-state index in [1.54, 1.807) is 4.68 Å². The zero-order valence-electron chi connectivity index (χ0n) is 8.62. The van der Waals surface area contributed by atoms with E-state index in [-0.39, 0.29) is 0 Å². The van der Waals surface area contributed by atoms with Gasteiger partial charge in [-0.2, -0.15) is 5.10 Å². The molecule has 0 aromatic carbocycles. The molecule has 0 aliphatic rings. The molecule has 5 heteroatoms. The molecule has 2 heterocycles. The number of anilines is 1. The average Bonchev–Trinajstić information content (AvgIpc) is 2.70. The number of aromatic nitrogens is 2. The lowest BCUT2D eigenvalue weighted by Crippen LogP contribution is -1.98. The summed E-state index contributed by atoms with van der Waals surface area (Å²) < 4.78 is 7.92. The second-order valence-electron chi connectivity index (χ2n) is 3.36. The number of hydrogen-bond acceptors (Lipinski definition) is 3. The lowest BCUT2D eigenvalue weighted by atomic mass is 10.4. The van der Waals surface area contributed by atoms with E-state index in [0.29, 0.717) is 6.54 Å². The number of halogens is 1. The molecule has 1 N–H and O–H groups in total. The van der Waals surface area contributed by atoms with E-state index in [9.17, 15) is 0 Å². The van der Waals surface area contributed by atoms with Crippen LogP contribution in [0.1, 0.15) is 11.5 Å². The van der Waals surface area contributed by atoms with Crippen LogP contribution in [0.5, 0.6) is 0 Å². The Morgan fingerprint density at radius 3 is 2.87 bits per heavy atom. The van der Waals surface area contributed by atoms with Gasteiger partial charge in [-0.05, 0) is 35.0 Å². The van der Waals surface area contributed by atoms with Crippen LogP contribution < -0.4 is 5.32 Å². The van der Waals surface area contributed by atoms with E-state index in [0.717, 1.165) is 21.8 Å². The van der Waals surface area contributed by atoms with Crippen LogP contribution in [0.25, 0.3) is 0 Å². The van der Waals surface area contributed by atoms with Crippen molar-refractivity contribution in [3.63, 3.8) is 0 Å². The first kappa shape index (κ1) is 10.3. The highest BCUT2D eigenvalue weighted by Crippen LogP contribution is 2.17. The number of nitrogens with one attached hydrogen (secondary N) is 1. The normalized spacial score (nSPS) is 10.6. The van der Waals surface area contributed by atoms with Gasteiger partial charge < -0.3 is 9.73 Å². The van der Waals surface area contributed by atoms with Gasteiger partial charge in [-0.15, -0.1) is 0 Å². The largest absolute Gasteiger partial charge is 0.452 e. The fourth-order valence-electron chi connectivity index (χ4n) is 1.40. The van der Waals surface area contributed by atoms with Crippen LogP contribution >= 0.6 is 15.9 Å². The van der Waals surface area contributed by atoms with E-state index in [2.05, 4.69) is 26.3 Å². The highest BCUT2D eigenvalue weighted by Gasteiger charge is 2.03. The number of nitrogens with zero attached hydrogens (tertiary/aromatic N) is 2. The van der Waals surface area contributed by atoms with Crippen molar-refractivity contribution in [1.29, 1.82) is 0 Å². The SMILES string of the molecule is Cc1nn(C)cc1NCc1ccc(Br)o1. The van der Waals surface area contributed by atoms with Crippen LogP contribution in [-0.4, -0.2) is 9.78 Å². The van der Waals surface area contributed by atoms with Gasteiger partial charge in [-0.25, -0.2) is 0 Å². The number of furan rings is 1. The molecular weight excluding hydrogens is 258 g/mol. The number of rotatable bonds is 3. The summed E-state index contributed by atoms with van der Waals surface area (Å²) in [5.74, 6) is 0.894. The third kappa shape index (κ3) is 2.41. The van der Waals surface area contributed by atoms with Crippen molar-refractivity contribution < 1.29 is 4.42 Å². The first-order valence-electron chi connectivity index (χ1n) is 4.63. The Kier molecular flexibility index (Phi) is 2.81. The first-order valence-corrected chi connectivity index (χ1v) is 5.43. The summed E-state index contributed by atoms with van der Waals surface area (Å²) >= 11 is 3.27. The molecule has 0 aliphatic heterocycles. The van der Waals surface area contributed by atoms with E-state index in [1.807, 2.05) is 32.3 Å². The van der Waals surface area contributed by atoms with Gasteiger partial charge in [0.1, 0.15) is 5.76 Å². The Labute approximate surface area is 96.4 Å². The van der Waals surface area contributed by atoms with Gasteiger partial charge in [-0.1, -0.05) is 0 Å². The summed E-state index contributed by atoms with van der Waals surface area (Å²) in [7, 11) is 1.90. The molecule has 0 unspecified atom stereocenters. The zero-order chi connectivity index (χ0) is 10.8. The summed E-state index contributed by atoms with van der Waals surface area (Å²) in [4.78, 5) is 0. The fourth-order valence-corrected chi connectivity index (χ4v) is 1.74.